The summed E-state index contributed by atoms with van der Waals surface area (Å²) >= 11 is 11.7. The molecule has 2 N–H and O–H groups in total. The molecule has 0 aliphatic heterocycles. The van der Waals surface area contributed by atoms with E-state index in [1.54, 1.807) is 0 Å². The summed E-state index contributed by atoms with van der Waals surface area (Å²) in [6, 6.07) is 3.76. The van der Waals surface area contributed by atoms with E-state index in [-0.39, 0.29) is 27.0 Å². The molecule has 0 radical (unpaired) electrons. The van der Waals surface area contributed by atoms with Crippen molar-refractivity contribution < 1.29 is 13.5 Å². The first-order valence-electron chi connectivity index (χ1n) is 6.15. The Balaban J connectivity index is 3.09. The second-order valence-corrected chi connectivity index (χ2v) is 8.24. The number of benzene rings is 1. The predicted molar refractivity (Wildman–Crippen MR) is 81.7 cm³/mol. The molecule has 0 spiro atoms. The lowest BCUT2D eigenvalue weighted by molar-refractivity contribution is 0.214. The lowest BCUT2D eigenvalue weighted by atomic mass is 9.86. The van der Waals surface area contributed by atoms with Crippen LogP contribution in [-0.4, -0.2) is 26.2 Å². The lowest BCUT2D eigenvalue weighted by Gasteiger charge is -2.30. The maximum atomic E-state index is 12.4. The van der Waals surface area contributed by atoms with Crippen molar-refractivity contribution >= 4 is 33.2 Å². The van der Waals surface area contributed by atoms with E-state index in [0.29, 0.717) is 6.42 Å². The van der Waals surface area contributed by atoms with E-state index in [1.807, 2.05) is 20.8 Å². The third-order valence-corrected chi connectivity index (χ3v) is 4.79. The number of hydrogen-bond acceptors (Lipinski definition) is 3. The van der Waals surface area contributed by atoms with Gasteiger partial charge in [-0.1, -0.05) is 44.0 Å². The normalized spacial score (nSPS) is 14.3. The van der Waals surface area contributed by atoms with Gasteiger partial charge in [-0.15, -0.1) is 0 Å². The summed E-state index contributed by atoms with van der Waals surface area (Å²) in [6.07, 6.45) is 0.330. The van der Waals surface area contributed by atoms with Gasteiger partial charge in [0.2, 0.25) is 10.0 Å². The van der Waals surface area contributed by atoms with Crippen molar-refractivity contribution in [2.45, 2.75) is 38.1 Å². The van der Waals surface area contributed by atoms with Gasteiger partial charge in [0, 0.05) is 22.7 Å². The summed E-state index contributed by atoms with van der Waals surface area (Å²) in [5, 5.41) is 9.59. The third-order valence-electron chi connectivity index (χ3n) is 2.91. The van der Waals surface area contributed by atoms with Crippen LogP contribution in [0.1, 0.15) is 27.2 Å². The molecule has 7 heteroatoms. The molecule has 0 bridgehead atoms. The Morgan fingerprint density at radius 1 is 1.20 bits per heavy atom. The summed E-state index contributed by atoms with van der Waals surface area (Å²) in [6.45, 7) is 5.61. The number of aliphatic hydroxyl groups is 1. The minimum Gasteiger partial charge on any atom is -0.396 e. The van der Waals surface area contributed by atoms with Crippen molar-refractivity contribution in [2.24, 2.45) is 5.41 Å². The maximum absolute atomic E-state index is 12.4. The van der Waals surface area contributed by atoms with Gasteiger partial charge in [-0.2, -0.15) is 0 Å². The van der Waals surface area contributed by atoms with Gasteiger partial charge < -0.3 is 5.11 Å². The van der Waals surface area contributed by atoms with Crippen molar-refractivity contribution in [2.75, 3.05) is 6.61 Å². The van der Waals surface area contributed by atoms with Crippen molar-refractivity contribution in [1.82, 2.24) is 4.72 Å². The first kappa shape index (κ1) is 17.7. The second kappa shape index (κ2) is 6.62. The quantitative estimate of drug-likeness (QED) is 0.866. The number of sulfonamides is 1. The van der Waals surface area contributed by atoms with E-state index in [4.69, 9.17) is 28.3 Å². The van der Waals surface area contributed by atoms with Crippen molar-refractivity contribution in [3.05, 3.63) is 28.2 Å². The molecule has 1 unspecified atom stereocenters. The van der Waals surface area contributed by atoms with E-state index in [1.165, 1.54) is 18.2 Å². The molecule has 0 saturated heterocycles. The van der Waals surface area contributed by atoms with Crippen LogP contribution in [0.2, 0.25) is 10.0 Å². The minimum atomic E-state index is -3.74. The van der Waals surface area contributed by atoms with Crippen LogP contribution in [0.4, 0.5) is 0 Å². The monoisotopic (exact) mass is 339 g/mol. The molecular weight excluding hydrogens is 321 g/mol. The molecule has 4 nitrogen and oxygen atoms in total. The smallest absolute Gasteiger partial charge is 0.240 e. The summed E-state index contributed by atoms with van der Waals surface area (Å²) in [7, 11) is -3.74. The first-order chi connectivity index (χ1) is 9.06. The molecular formula is C13H19Cl2NO3S. The molecule has 0 fully saturated rings. The highest BCUT2D eigenvalue weighted by molar-refractivity contribution is 7.89. The molecule has 114 valence electrons. The van der Waals surface area contributed by atoms with Crippen LogP contribution >= 0.6 is 23.2 Å². The Hall–Kier alpha value is -0.330. The topological polar surface area (TPSA) is 66.4 Å². The Morgan fingerprint density at radius 3 is 2.10 bits per heavy atom. The summed E-state index contributed by atoms with van der Waals surface area (Å²) in [5.41, 5.74) is -0.321. The third kappa shape index (κ3) is 4.90. The maximum Gasteiger partial charge on any atom is 0.240 e. The highest BCUT2D eigenvalue weighted by atomic mass is 35.5. The van der Waals surface area contributed by atoms with E-state index in [9.17, 15) is 8.42 Å². The Morgan fingerprint density at radius 2 is 1.70 bits per heavy atom. The Kier molecular flexibility index (Phi) is 5.87. The molecule has 0 aliphatic carbocycles. The van der Waals surface area contributed by atoms with E-state index >= 15 is 0 Å². The summed E-state index contributed by atoms with van der Waals surface area (Å²) in [5.74, 6) is 0. The second-order valence-electron chi connectivity index (χ2n) is 5.66. The fraction of sp³-hybridized carbons (Fsp3) is 0.538. The number of hydrogen-bond donors (Lipinski definition) is 2. The van der Waals surface area contributed by atoms with Crippen molar-refractivity contribution in [1.29, 1.82) is 0 Å². The molecule has 0 aromatic heterocycles. The molecule has 0 aliphatic rings. The van der Waals surface area contributed by atoms with Crippen LogP contribution in [0, 0.1) is 5.41 Å². The number of aliphatic hydroxyl groups excluding tert-OH is 1. The van der Waals surface area contributed by atoms with E-state index in [0.717, 1.165) is 0 Å². The molecule has 1 aromatic rings. The lowest BCUT2D eigenvalue weighted by Crippen LogP contribution is -2.44. The molecule has 1 atom stereocenters. The molecule has 20 heavy (non-hydrogen) atoms. The van der Waals surface area contributed by atoms with Gasteiger partial charge in [0.1, 0.15) is 0 Å². The zero-order valence-corrected chi connectivity index (χ0v) is 14.0. The van der Waals surface area contributed by atoms with Crippen molar-refractivity contribution in [3.8, 4) is 0 Å². The average molecular weight is 340 g/mol. The Labute approximate surface area is 130 Å². The van der Waals surface area contributed by atoms with Gasteiger partial charge in [-0.3, -0.25) is 0 Å². The van der Waals surface area contributed by atoms with Crippen LogP contribution in [0.3, 0.4) is 0 Å². The average Bonchev–Trinajstić information content (AvgIpc) is 2.25. The Bertz CT molecular complexity index is 547. The van der Waals surface area contributed by atoms with Crippen LogP contribution in [0.25, 0.3) is 0 Å². The zero-order chi connectivity index (χ0) is 15.6. The van der Waals surface area contributed by atoms with E-state index in [2.05, 4.69) is 4.72 Å². The summed E-state index contributed by atoms with van der Waals surface area (Å²) in [4.78, 5) is 0.0159. The number of halogens is 2. The highest BCUT2D eigenvalue weighted by Gasteiger charge is 2.29. The van der Waals surface area contributed by atoms with Crippen LogP contribution in [-0.2, 0) is 10.0 Å². The molecule has 0 amide bonds. The van der Waals surface area contributed by atoms with Crippen LogP contribution in [0.5, 0.6) is 0 Å². The van der Waals surface area contributed by atoms with Crippen LogP contribution in [0.15, 0.2) is 23.1 Å². The largest absolute Gasteiger partial charge is 0.396 e. The van der Waals surface area contributed by atoms with Gasteiger partial charge in [0.25, 0.3) is 0 Å². The SMILES string of the molecule is CC(C)(C)C(CCO)NS(=O)(=O)c1cc(Cl)cc(Cl)c1. The van der Waals surface area contributed by atoms with E-state index < -0.39 is 16.1 Å². The van der Waals surface area contributed by atoms with Gasteiger partial charge in [-0.25, -0.2) is 13.1 Å². The fourth-order valence-electron chi connectivity index (χ4n) is 1.74. The first-order valence-corrected chi connectivity index (χ1v) is 8.39. The molecule has 0 saturated carbocycles. The predicted octanol–water partition coefficient (Wildman–Crippen LogP) is 3.07. The molecule has 1 rings (SSSR count). The fourth-order valence-corrected chi connectivity index (χ4v) is 3.94. The number of rotatable bonds is 5. The standard InChI is InChI=1S/C13H19Cl2NO3S/c1-13(2,3)12(4-5-17)16-20(18,19)11-7-9(14)6-10(15)8-11/h6-8,12,16-17H,4-5H2,1-3H3. The molecule has 1 aromatic carbocycles. The highest BCUT2D eigenvalue weighted by Crippen LogP contribution is 2.26. The van der Waals surface area contributed by atoms with Crippen molar-refractivity contribution in [3.63, 3.8) is 0 Å². The van der Waals surface area contributed by atoms with Gasteiger partial charge >= 0.3 is 0 Å². The summed E-state index contributed by atoms with van der Waals surface area (Å²) < 4.78 is 27.3. The van der Waals surface area contributed by atoms with Gasteiger partial charge in [-0.05, 0) is 30.0 Å². The zero-order valence-electron chi connectivity index (χ0n) is 11.7. The van der Waals surface area contributed by atoms with Gasteiger partial charge in [0.15, 0.2) is 0 Å². The molecule has 0 heterocycles. The van der Waals surface area contributed by atoms with Gasteiger partial charge in [0.05, 0.1) is 4.90 Å². The minimum absolute atomic E-state index is 0.0159. The number of nitrogens with one attached hydrogen (secondary N) is 1. The van der Waals surface area contributed by atoms with Crippen LogP contribution < -0.4 is 4.72 Å².